The van der Waals surface area contributed by atoms with Crippen molar-refractivity contribution < 1.29 is 9.59 Å². The van der Waals surface area contributed by atoms with Gasteiger partial charge in [-0.3, -0.25) is 9.59 Å². The summed E-state index contributed by atoms with van der Waals surface area (Å²) < 4.78 is 0. The molecule has 0 atom stereocenters. The number of rotatable bonds is 5. The van der Waals surface area contributed by atoms with Gasteiger partial charge < -0.3 is 15.2 Å². The number of hydrogen-bond acceptors (Lipinski definition) is 4. The zero-order valence-corrected chi connectivity index (χ0v) is 17.1. The average molecular weight is 398 g/mol. The lowest BCUT2D eigenvalue weighted by Gasteiger charge is -2.13. The summed E-state index contributed by atoms with van der Waals surface area (Å²) in [5.41, 5.74) is 4.47. The molecular weight excluding hydrogens is 376 g/mol. The molecule has 0 bridgehead atoms. The number of fused-ring (bicyclic) bond motifs is 1. The maximum absolute atomic E-state index is 13.3. The lowest BCUT2D eigenvalue weighted by Crippen LogP contribution is -2.12. The first-order valence-electron chi connectivity index (χ1n) is 9.59. The molecule has 0 fully saturated rings. The van der Waals surface area contributed by atoms with Gasteiger partial charge in [-0.05, 0) is 53.6 Å². The molecule has 0 aliphatic rings. The Bertz CT molecular complexity index is 1260. The van der Waals surface area contributed by atoms with Gasteiger partial charge in [0.05, 0.1) is 0 Å². The maximum Gasteiger partial charge on any atom is 0.221 e. The van der Waals surface area contributed by atoms with E-state index in [1.165, 1.54) is 6.92 Å². The Balaban J connectivity index is 1.85. The number of anilines is 2. The van der Waals surface area contributed by atoms with Crippen molar-refractivity contribution in [2.75, 3.05) is 24.3 Å². The predicted octanol–water partition coefficient (Wildman–Crippen LogP) is 4.49. The van der Waals surface area contributed by atoms with Gasteiger partial charge in [-0.25, -0.2) is 4.98 Å². The molecular formula is C24H22N4O2. The van der Waals surface area contributed by atoms with Gasteiger partial charge in [0.15, 0.2) is 5.78 Å². The largest absolute Gasteiger partial charge is 0.363 e. The fourth-order valence-electron chi connectivity index (χ4n) is 3.50. The summed E-state index contributed by atoms with van der Waals surface area (Å²) in [6.45, 7) is 1.45. The summed E-state index contributed by atoms with van der Waals surface area (Å²) in [6.07, 6.45) is 3.51. The topological polar surface area (TPSA) is 78.1 Å². The number of ketones is 1. The first-order chi connectivity index (χ1) is 14.4. The van der Waals surface area contributed by atoms with Crippen LogP contribution in [0.15, 0.2) is 67.0 Å². The molecule has 0 saturated carbocycles. The molecule has 0 saturated heterocycles. The van der Waals surface area contributed by atoms with Gasteiger partial charge in [0, 0.05) is 61.1 Å². The van der Waals surface area contributed by atoms with Crippen LogP contribution in [0.25, 0.3) is 22.0 Å². The second-order valence-corrected chi connectivity index (χ2v) is 7.35. The van der Waals surface area contributed by atoms with Crippen molar-refractivity contribution in [2.45, 2.75) is 6.92 Å². The first kappa shape index (κ1) is 19.4. The van der Waals surface area contributed by atoms with Crippen molar-refractivity contribution in [1.82, 2.24) is 9.97 Å². The molecule has 150 valence electrons. The smallest absolute Gasteiger partial charge is 0.221 e. The number of benzene rings is 2. The molecule has 4 rings (SSSR count). The SMILES string of the molecule is CC(=O)Nc1cc(C(=O)c2ccnc(N(C)C)c2)cc(-c2cccc3[nH]ccc23)c1. The van der Waals surface area contributed by atoms with E-state index in [9.17, 15) is 9.59 Å². The van der Waals surface area contributed by atoms with Crippen molar-refractivity contribution in [3.05, 3.63) is 78.1 Å². The number of nitrogens with one attached hydrogen (secondary N) is 2. The van der Waals surface area contributed by atoms with Crippen molar-refractivity contribution in [1.29, 1.82) is 0 Å². The molecule has 30 heavy (non-hydrogen) atoms. The van der Waals surface area contributed by atoms with Crippen LogP contribution in [0.1, 0.15) is 22.8 Å². The highest BCUT2D eigenvalue weighted by Gasteiger charge is 2.15. The Morgan fingerprint density at radius 1 is 1.00 bits per heavy atom. The minimum atomic E-state index is -0.191. The van der Waals surface area contributed by atoms with Crippen molar-refractivity contribution in [2.24, 2.45) is 0 Å². The number of carbonyl (C=O) groups excluding carboxylic acids is 2. The number of carbonyl (C=O) groups is 2. The summed E-state index contributed by atoms with van der Waals surface area (Å²) in [7, 11) is 3.76. The summed E-state index contributed by atoms with van der Waals surface area (Å²) in [5.74, 6) is 0.385. The molecule has 2 aromatic heterocycles. The Hall–Kier alpha value is -3.93. The molecule has 1 amide bonds. The monoisotopic (exact) mass is 398 g/mol. The Kier molecular flexibility index (Phi) is 5.06. The van der Waals surface area contributed by atoms with E-state index in [-0.39, 0.29) is 11.7 Å². The highest BCUT2D eigenvalue weighted by atomic mass is 16.1. The van der Waals surface area contributed by atoms with Gasteiger partial charge in [0.1, 0.15) is 5.82 Å². The predicted molar refractivity (Wildman–Crippen MR) is 120 cm³/mol. The lowest BCUT2D eigenvalue weighted by molar-refractivity contribution is -0.114. The van der Waals surface area contributed by atoms with Crippen molar-refractivity contribution >= 4 is 34.1 Å². The third-order valence-corrected chi connectivity index (χ3v) is 4.89. The van der Waals surface area contributed by atoms with Crippen LogP contribution in [0, 0.1) is 0 Å². The first-order valence-corrected chi connectivity index (χ1v) is 9.59. The van der Waals surface area contributed by atoms with Gasteiger partial charge in [-0.15, -0.1) is 0 Å². The minimum Gasteiger partial charge on any atom is -0.363 e. The Morgan fingerprint density at radius 3 is 2.60 bits per heavy atom. The van der Waals surface area contributed by atoms with Gasteiger partial charge in [0.25, 0.3) is 0 Å². The summed E-state index contributed by atoms with van der Waals surface area (Å²) in [6, 6.07) is 16.9. The molecule has 0 aliphatic heterocycles. The standard InChI is InChI=1S/C24H22N4O2/c1-15(29)27-19-12-17(20-5-4-6-22-21(20)8-10-25-22)11-18(13-19)24(30)16-7-9-26-23(14-16)28(2)3/h4-14,25H,1-3H3,(H,27,29). The summed E-state index contributed by atoms with van der Waals surface area (Å²) in [4.78, 5) is 34.3. The van der Waals surface area contributed by atoms with E-state index in [1.807, 2.05) is 61.6 Å². The number of H-pyrrole nitrogens is 1. The molecule has 2 N–H and O–H groups in total. The second kappa shape index (κ2) is 7.83. The normalized spacial score (nSPS) is 10.8. The quantitative estimate of drug-likeness (QED) is 0.486. The van der Waals surface area contributed by atoms with Crippen LogP contribution in [0.2, 0.25) is 0 Å². The van der Waals surface area contributed by atoms with Gasteiger partial charge in [0.2, 0.25) is 5.91 Å². The zero-order valence-electron chi connectivity index (χ0n) is 17.1. The third kappa shape index (κ3) is 3.80. The molecule has 0 spiro atoms. The average Bonchev–Trinajstić information content (AvgIpc) is 3.21. The van der Waals surface area contributed by atoms with Crippen LogP contribution in [0.5, 0.6) is 0 Å². The fraction of sp³-hybridized carbons (Fsp3) is 0.125. The molecule has 6 heteroatoms. The number of aromatic amines is 1. The lowest BCUT2D eigenvalue weighted by atomic mass is 9.95. The van der Waals surface area contributed by atoms with E-state index in [0.717, 1.165) is 22.0 Å². The molecule has 0 aliphatic carbocycles. The van der Waals surface area contributed by atoms with E-state index >= 15 is 0 Å². The van der Waals surface area contributed by atoms with E-state index in [0.29, 0.717) is 22.6 Å². The number of pyridine rings is 1. The molecule has 4 aromatic rings. The number of amides is 1. The van der Waals surface area contributed by atoms with Gasteiger partial charge in [-0.2, -0.15) is 0 Å². The van der Waals surface area contributed by atoms with E-state index in [2.05, 4.69) is 15.3 Å². The number of nitrogens with zero attached hydrogens (tertiary/aromatic N) is 2. The molecule has 0 unspecified atom stereocenters. The summed E-state index contributed by atoms with van der Waals surface area (Å²) in [5, 5.41) is 3.86. The Morgan fingerprint density at radius 2 is 1.83 bits per heavy atom. The van der Waals surface area contributed by atoms with E-state index in [1.54, 1.807) is 24.4 Å². The van der Waals surface area contributed by atoms with Crippen LogP contribution < -0.4 is 10.2 Å². The molecule has 2 aromatic carbocycles. The van der Waals surface area contributed by atoms with Crippen LogP contribution in [-0.2, 0) is 4.79 Å². The zero-order chi connectivity index (χ0) is 21.3. The Labute approximate surface area is 174 Å². The third-order valence-electron chi connectivity index (χ3n) is 4.89. The van der Waals surface area contributed by atoms with Crippen LogP contribution in [0.3, 0.4) is 0 Å². The van der Waals surface area contributed by atoms with Gasteiger partial charge in [-0.1, -0.05) is 12.1 Å². The van der Waals surface area contributed by atoms with Crippen molar-refractivity contribution in [3.8, 4) is 11.1 Å². The van der Waals surface area contributed by atoms with E-state index < -0.39 is 0 Å². The van der Waals surface area contributed by atoms with Crippen molar-refractivity contribution in [3.63, 3.8) is 0 Å². The van der Waals surface area contributed by atoms with E-state index in [4.69, 9.17) is 0 Å². The van der Waals surface area contributed by atoms with Crippen LogP contribution >= 0.6 is 0 Å². The fourth-order valence-corrected chi connectivity index (χ4v) is 3.50. The second-order valence-electron chi connectivity index (χ2n) is 7.35. The molecule has 2 heterocycles. The maximum atomic E-state index is 13.3. The van der Waals surface area contributed by atoms with Gasteiger partial charge >= 0.3 is 0 Å². The molecule has 6 nitrogen and oxygen atoms in total. The highest BCUT2D eigenvalue weighted by Crippen LogP contribution is 2.32. The minimum absolute atomic E-state index is 0.129. The summed E-state index contributed by atoms with van der Waals surface area (Å²) >= 11 is 0. The van der Waals surface area contributed by atoms with Crippen LogP contribution in [0.4, 0.5) is 11.5 Å². The number of hydrogen-bond donors (Lipinski definition) is 2. The number of aromatic nitrogens is 2. The molecule has 0 radical (unpaired) electrons. The highest BCUT2D eigenvalue weighted by molar-refractivity contribution is 6.11. The van der Waals surface area contributed by atoms with Crippen LogP contribution in [-0.4, -0.2) is 35.8 Å².